The number of rotatable bonds is 3. The molecule has 2 heteroatoms. The number of fused-ring (bicyclic) bond motifs is 1. The summed E-state index contributed by atoms with van der Waals surface area (Å²) in [5.74, 6) is 1.21. The molecule has 1 atom stereocenters. The van der Waals surface area contributed by atoms with E-state index in [4.69, 9.17) is 4.74 Å². The fourth-order valence-corrected chi connectivity index (χ4v) is 3.66. The van der Waals surface area contributed by atoms with Gasteiger partial charge < -0.3 is 4.74 Å². The van der Waals surface area contributed by atoms with E-state index in [1.807, 2.05) is 47.6 Å². The van der Waals surface area contributed by atoms with Crippen LogP contribution in [0.3, 0.4) is 0 Å². The van der Waals surface area contributed by atoms with Crippen LogP contribution in [0.15, 0.2) is 24.3 Å². The van der Waals surface area contributed by atoms with Crippen LogP contribution in [0.1, 0.15) is 89.0 Å². The molecule has 0 radical (unpaired) electrons. The number of ether oxygens (including phenoxy) is 1. The van der Waals surface area contributed by atoms with Crippen LogP contribution in [0.2, 0.25) is 0 Å². The maximum Gasteiger partial charge on any atom is 0.130 e. The molecule has 0 saturated heterocycles. The molecule has 27 heavy (non-hydrogen) atoms. The number of halogens is 1. The van der Waals surface area contributed by atoms with Crippen LogP contribution in [0.5, 0.6) is 5.75 Å². The zero-order chi connectivity index (χ0) is 20.7. The van der Waals surface area contributed by atoms with E-state index < -0.39 is 0 Å². The van der Waals surface area contributed by atoms with E-state index in [0.717, 1.165) is 23.1 Å². The largest absolute Gasteiger partial charge is 0.496 e. The number of aryl methyl sites for hydroxylation is 2. The quantitative estimate of drug-likeness (QED) is 0.530. The Morgan fingerprint density at radius 3 is 2.19 bits per heavy atom. The summed E-state index contributed by atoms with van der Waals surface area (Å²) in [7, 11) is 1.61. The summed E-state index contributed by atoms with van der Waals surface area (Å²) in [4.78, 5) is 0. The summed E-state index contributed by atoms with van der Waals surface area (Å²) in [6.07, 6.45) is 2.35. The maximum absolute atomic E-state index is 14.3. The molecule has 1 unspecified atom stereocenters. The van der Waals surface area contributed by atoms with E-state index in [1.165, 1.54) is 29.2 Å². The first-order chi connectivity index (χ1) is 12.9. The highest BCUT2D eigenvalue weighted by molar-refractivity contribution is 5.75. The van der Waals surface area contributed by atoms with E-state index in [9.17, 15) is 4.39 Å². The van der Waals surface area contributed by atoms with Crippen LogP contribution in [0.25, 0.3) is 11.1 Å². The minimum absolute atomic E-state index is 0.148. The number of methoxy groups -OCH3 is 1. The fraction of sp³-hybridized carbons (Fsp3) is 0.520. The van der Waals surface area contributed by atoms with Crippen LogP contribution in [0, 0.1) is 12.7 Å². The van der Waals surface area contributed by atoms with Gasteiger partial charge in [-0.25, -0.2) is 4.39 Å². The van der Waals surface area contributed by atoms with Crippen LogP contribution in [0.4, 0.5) is 4.39 Å². The molecule has 0 spiro atoms. The van der Waals surface area contributed by atoms with Gasteiger partial charge in [0.25, 0.3) is 0 Å². The molecule has 0 heterocycles. The van der Waals surface area contributed by atoms with Crippen molar-refractivity contribution < 1.29 is 9.13 Å². The second kappa shape index (κ2) is 10.5. The summed E-state index contributed by atoms with van der Waals surface area (Å²) in [6, 6.07) is 8.08. The van der Waals surface area contributed by atoms with Gasteiger partial charge >= 0.3 is 0 Å². The van der Waals surface area contributed by atoms with E-state index in [1.54, 1.807) is 7.11 Å². The summed E-state index contributed by atoms with van der Waals surface area (Å²) in [5, 5.41) is 0. The Bertz CT molecular complexity index is 746. The lowest BCUT2D eigenvalue weighted by molar-refractivity contribution is 0.412. The third-order valence-electron chi connectivity index (χ3n) is 5.09. The SMILES string of the molecule is CC.CC.COc1cc(F)c(C(C)C)cc1-c1cc2c(cc1C)C(C)CC2. The molecule has 0 N–H and O–H groups in total. The number of hydrogen-bond acceptors (Lipinski definition) is 1. The Morgan fingerprint density at radius 1 is 1.00 bits per heavy atom. The molecule has 1 nitrogen and oxygen atoms in total. The first-order valence-electron chi connectivity index (χ1n) is 10.4. The molecule has 1 aliphatic rings. The molecule has 0 amide bonds. The lowest BCUT2D eigenvalue weighted by Gasteiger charge is -2.17. The van der Waals surface area contributed by atoms with Gasteiger partial charge in [-0.1, -0.05) is 60.6 Å². The smallest absolute Gasteiger partial charge is 0.130 e. The van der Waals surface area contributed by atoms with Crippen LogP contribution in [-0.2, 0) is 6.42 Å². The van der Waals surface area contributed by atoms with Crippen molar-refractivity contribution in [1.82, 2.24) is 0 Å². The number of benzene rings is 2. The second-order valence-corrected chi connectivity index (χ2v) is 7.03. The Kier molecular flexibility index (Phi) is 9.02. The van der Waals surface area contributed by atoms with Gasteiger partial charge in [-0.15, -0.1) is 0 Å². The van der Waals surface area contributed by atoms with E-state index in [-0.39, 0.29) is 11.7 Å². The highest BCUT2D eigenvalue weighted by Gasteiger charge is 2.22. The van der Waals surface area contributed by atoms with Gasteiger partial charge in [-0.05, 0) is 65.5 Å². The minimum Gasteiger partial charge on any atom is -0.496 e. The van der Waals surface area contributed by atoms with Crippen LogP contribution in [-0.4, -0.2) is 7.11 Å². The van der Waals surface area contributed by atoms with Crippen molar-refractivity contribution >= 4 is 0 Å². The molecule has 1 aliphatic carbocycles. The van der Waals surface area contributed by atoms with Gasteiger partial charge in [-0.2, -0.15) is 0 Å². The molecule has 0 aromatic heterocycles. The van der Waals surface area contributed by atoms with Gasteiger partial charge in [0, 0.05) is 11.6 Å². The normalized spacial score (nSPS) is 14.7. The average Bonchev–Trinajstić information content (AvgIpc) is 3.04. The zero-order valence-corrected chi connectivity index (χ0v) is 18.7. The Hall–Kier alpha value is -1.83. The van der Waals surface area contributed by atoms with Crippen molar-refractivity contribution in [2.24, 2.45) is 0 Å². The van der Waals surface area contributed by atoms with Crippen LogP contribution >= 0.6 is 0 Å². The van der Waals surface area contributed by atoms with Crippen molar-refractivity contribution in [2.45, 2.75) is 80.1 Å². The maximum atomic E-state index is 14.3. The predicted octanol–water partition coefficient (Wildman–Crippen LogP) is 8.04. The number of hydrogen-bond donors (Lipinski definition) is 0. The molecule has 0 bridgehead atoms. The fourth-order valence-electron chi connectivity index (χ4n) is 3.66. The molecule has 150 valence electrons. The molecule has 3 rings (SSSR count). The van der Waals surface area contributed by atoms with Gasteiger partial charge in [0.2, 0.25) is 0 Å². The Labute approximate surface area is 166 Å². The summed E-state index contributed by atoms with van der Waals surface area (Å²) in [6.45, 7) is 16.5. The van der Waals surface area contributed by atoms with E-state index in [2.05, 4.69) is 26.0 Å². The molecule has 0 fully saturated rings. The van der Waals surface area contributed by atoms with Gasteiger partial charge in [0.1, 0.15) is 11.6 Å². The Morgan fingerprint density at radius 2 is 1.63 bits per heavy atom. The lowest BCUT2D eigenvalue weighted by Crippen LogP contribution is -1.99. The van der Waals surface area contributed by atoms with Gasteiger partial charge in [0.15, 0.2) is 0 Å². The predicted molar refractivity (Wildman–Crippen MR) is 117 cm³/mol. The summed E-state index contributed by atoms with van der Waals surface area (Å²) < 4.78 is 19.7. The van der Waals surface area contributed by atoms with Crippen molar-refractivity contribution in [2.75, 3.05) is 7.11 Å². The summed E-state index contributed by atoms with van der Waals surface area (Å²) >= 11 is 0. The Balaban J connectivity index is 0.000000855. The highest BCUT2D eigenvalue weighted by Crippen LogP contribution is 2.41. The molecular weight excluding hydrogens is 335 g/mol. The lowest BCUT2D eigenvalue weighted by atomic mass is 9.90. The van der Waals surface area contributed by atoms with Crippen molar-refractivity contribution in [1.29, 1.82) is 0 Å². The monoisotopic (exact) mass is 372 g/mol. The van der Waals surface area contributed by atoms with E-state index in [0.29, 0.717) is 11.7 Å². The molecule has 0 saturated carbocycles. The van der Waals surface area contributed by atoms with Gasteiger partial charge in [0.05, 0.1) is 7.11 Å². The topological polar surface area (TPSA) is 9.23 Å². The molecule has 0 aliphatic heterocycles. The first-order valence-corrected chi connectivity index (χ1v) is 10.4. The third-order valence-corrected chi connectivity index (χ3v) is 5.09. The zero-order valence-electron chi connectivity index (χ0n) is 18.7. The van der Waals surface area contributed by atoms with Crippen LogP contribution < -0.4 is 4.74 Å². The molecule has 2 aromatic carbocycles. The first kappa shape index (κ1) is 23.2. The van der Waals surface area contributed by atoms with E-state index >= 15 is 0 Å². The summed E-state index contributed by atoms with van der Waals surface area (Å²) in [5.41, 5.74) is 7.03. The van der Waals surface area contributed by atoms with Crippen molar-refractivity contribution in [3.05, 3.63) is 52.3 Å². The van der Waals surface area contributed by atoms with Crippen molar-refractivity contribution in [3.8, 4) is 16.9 Å². The van der Waals surface area contributed by atoms with Crippen molar-refractivity contribution in [3.63, 3.8) is 0 Å². The second-order valence-electron chi connectivity index (χ2n) is 7.03. The standard InChI is InChI=1S/C21H25FO.2C2H6/c1-12(2)16-10-19(21(23-5)11-20(16)22)18-9-15-7-6-13(3)17(15)8-14(18)4;2*1-2/h8-13H,6-7H2,1-5H3;2*1-2H3. The molecule has 2 aromatic rings. The minimum atomic E-state index is -0.187. The highest BCUT2D eigenvalue weighted by atomic mass is 19.1. The average molecular weight is 373 g/mol. The molecular formula is C25H37FO. The third kappa shape index (κ3) is 4.91. The van der Waals surface area contributed by atoms with Gasteiger partial charge in [-0.3, -0.25) is 0 Å².